The summed E-state index contributed by atoms with van der Waals surface area (Å²) < 4.78 is 55.9. The Bertz CT molecular complexity index is 1830. The van der Waals surface area contributed by atoms with Gasteiger partial charge in [0.25, 0.3) is 0 Å². The van der Waals surface area contributed by atoms with Gasteiger partial charge in [-0.1, -0.05) is 37.4 Å². The molecule has 14 nitrogen and oxygen atoms in total. The normalized spacial score (nSPS) is 14.6. The van der Waals surface area contributed by atoms with E-state index in [0.29, 0.717) is 99.4 Å². The van der Waals surface area contributed by atoms with Gasteiger partial charge in [0.15, 0.2) is 0 Å². The molecule has 0 spiro atoms. The van der Waals surface area contributed by atoms with Gasteiger partial charge < -0.3 is 47.4 Å². The van der Waals surface area contributed by atoms with Crippen molar-refractivity contribution in [2.45, 2.75) is 51.5 Å². The molecule has 1 heterocycles. The lowest BCUT2D eigenvalue weighted by molar-refractivity contribution is -0.326. The fourth-order valence-corrected chi connectivity index (χ4v) is 5.36. The van der Waals surface area contributed by atoms with Gasteiger partial charge in [-0.2, -0.15) is 0 Å². The van der Waals surface area contributed by atoms with Crippen LogP contribution < -0.4 is 18.9 Å². The summed E-state index contributed by atoms with van der Waals surface area (Å²) in [5.41, 5.74) is 2.36. The van der Waals surface area contributed by atoms with Gasteiger partial charge in [-0.25, -0.2) is 19.2 Å². The monoisotopic (exact) mass is 824 g/mol. The van der Waals surface area contributed by atoms with Gasteiger partial charge in [0.2, 0.25) is 12.6 Å². The highest BCUT2D eigenvalue weighted by atomic mass is 16.8. The average Bonchev–Trinajstić information content (AvgIpc) is 3.28. The van der Waals surface area contributed by atoms with Gasteiger partial charge in [0.05, 0.1) is 64.0 Å². The Morgan fingerprint density at radius 2 is 0.850 bits per heavy atom. The Labute approximate surface area is 348 Å². The Morgan fingerprint density at radius 3 is 1.22 bits per heavy atom. The van der Waals surface area contributed by atoms with Gasteiger partial charge >= 0.3 is 23.9 Å². The number of carbonyl (C=O) groups is 4. The van der Waals surface area contributed by atoms with Crippen LogP contribution in [-0.4, -0.2) is 76.1 Å². The molecule has 0 aromatic heterocycles. The summed E-state index contributed by atoms with van der Waals surface area (Å²) in [6.07, 6.45) is 3.41. The van der Waals surface area contributed by atoms with Crippen molar-refractivity contribution in [1.82, 2.24) is 0 Å². The summed E-state index contributed by atoms with van der Waals surface area (Å²) >= 11 is 0. The van der Waals surface area contributed by atoms with E-state index in [1.54, 1.807) is 97.1 Å². The van der Waals surface area contributed by atoms with Gasteiger partial charge in [-0.3, -0.25) is 0 Å². The Hall–Kier alpha value is -6.32. The number of esters is 4. The van der Waals surface area contributed by atoms with Crippen molar-refractivity contribution < 1.29 is 66.5 Å². The Balaban J connectivity index is 0.985. The molecule has 1 fully saturated rings. The molecule has 0 N–H and O–H groups in total. The second-order valence-corrected chi connectivity index (χ2v) is 13.1. The van der Waals surface area contributed by atoms with Crippen molar-refractivity contribution in [3.05, 3.63) is 145 Å². The molecule has 2 atom stereocenters. The highest BCUT2D eigenvalue weighted by Crippen LogP contribution is 2.22. The van der Waals surface area contributed by atoms with Crippen LogP contribution in [0.25, 0.3) is 0 Å². The second kappa shape index (κ2) is 24.6. The van der Waals surface area contributed by atoms with Crippen molar-refractivity contribution >= 4 is 23.9 Å². The third-order valence-corrected chi connectivity index (χ3v) is 8.58. The number of ether oxygens (including phenoxy) is 10. The summed E-state index contributed by atoms with van der Waals surface area (Å²) in [6, 6.07) is 27.1. The molecule has 0 saturated carbocycles. The lowest BCUT2D eigenvalue weighted by atomic mass is 10.2. The molecule has 1 saturated heterocycles. The van der Waals surface area contributed by atoms with Crippen LogP contribution in [0.2, 0.25) is 0 Å². The number of hydrogen-bond donors (Lipinski definition) is 0. The Kier molecular flexibility index (Phi) is 18.3. The lowest BCUT2D eigenvalue weighted by Gasteiger charge is -2.31. The number of benzene rings is 4. The van der Waals surface area contributed by atoms with E-state index in [1.807, 2.05) is 0 Å². The SMILES string of the molecule is C=CC(=O)OCCCCOc1ccc(C(=O)Oc2ccc(CO[C@H]3OCCO[C@@H]3OCc3ccc(OC(=O)c4ccc(OCCCCOC(=O)C=C)cc4)cc3)cc2)cc1. The lowest BCUT2D eigenvalue weighted by Crippen LogP contribution is -2.41. The minimum Gasteiger partial charge on any atom is -0.494 e. The van der Waals surface area contributed by atoms with E-state index in [0.717, 1.165) is 23.3 Å². The van der Waals surface area contributed by atoms with E-state index < -0.39 is 36.5 Å². The highest BCUT2D eigenvalue weighted by Gasteiger charge is 2.29. The highest BCUT2D eigenvalue weighted by molar-refractivity contribution is 5.91. The molecule has 4 aromatic carbocycles. The number of carbonyl (C=O) groups excluding carboxylic acids is 4. The molecule has 14 heteroatoms. The first-order valence-corrected chi connectivity index (χ1v) is 19.4. The number of unbranched alkanes of at least 4 members (excludes halogenated alkanes) is 2. The quantitative estimate of drug-likeness (QED) is 0.0299. The van der Waals surface area contributed by atoms with Crippen molar-refractivity contribution in [2.24, 2.45) is 0 Å². The molecule has 0 radical (unpaired) electrons. The molecular formula is C46H48O14. The third-order valence-electron chi connectivity index (χ3n) is 8.58. The first-order chi connectivity index (χ1) is 29.3. The van der Waals surface area contributed by atoms with Gasteiger partial charge in [-0.05, 0) is 110 Å². The van der Waals surface area contributed by atoms with E-state index in [9.17, 15) is 19.2 Å². The average molecular weight is 825 g/mol. The van der Waals surface area contributed by atoms with E-state index in [1.165, 1.54) is 0 Å². The summed E-state index contributed by atoms with van der Waals surface area (Å²) in [5.74, 6) is 0.0388. The molecule has 4 aromatic rings. The molecule has 0 aliphatic carbocycles. The van der Waals surface area contributed by atoms with E-state index in [-0.39, 0.29) is 13.2 Å². The molecule has 60 heavy (non-hydrogen) atoms. The summed E-state index contributed by atoms with van der Waals surface area (Å²) in [5, 5.41) is 0. The Morgan fingerprint density at radius 1 is 0.500 bits per heavy atom. The van der Waals surface area contributed by atoms with Crippen LogP contribution in [0.4, 0.5) is 0 Å². The van der Waals surface area contributed by atoms with Gasteiger partial charge in [0, 0.05) is 12.2 Å². The first kappa shape index (κ1) is 44.8. The molecule has 1 aliphatic rings. The standard InChI is InChI=1S/C46H48O14/c1-3-41(47)53-27-7-5-25-51-37-21-13-35(14-22-37)43(49)59-39-17-9-33(10-18-39)31-57-45-46(56-30-29-55-45)58-32-34-11-19-40(20-12-34)60-44(50)36-15-23-38(24-16-36)52-26-6-8-28-54-42(48)4-2/h3-4,9-24,45-46H,1-2,5-8,25-32H2/t45-,46-/m1/s1. The number of hydrogen-bond acceptors (Lipinski definition) is 14. The van der Waals surface area contributed by atoms with Crippen LogP contribution in [0.3, 0.4) is 0 Å². The summed E-state index contributed by atoms with van der Waals surface area (Å²) in [7, 11) is 0. The topological polar surface area (TPSA) is 161 Å². The van der Waals surface area contributed by atoms with Crippen LogP contribution in [-0.2, 0) is 51.2 Å². The molecule has 5 rings (SSSR count). The van der Waals surface area contributed by atoms with E-state index in [4.69, 9.17) is 47.4 Å². The zero-order chi connectivity index (χ0) is 42.4. The second-order valence-electron chi connectivity index (χ2n) is 13.1. The minimum atomic E-state index is -0.781. The van der Waals surface area contributed by atoms with E-state index in [2.05, 4.69) is 13.2 Å². The molecule has 1 aliphatic heterocycles. The smallest absolute Gasteiger partial charge is 0.343 e. The van der Waals surface area contributed by atoms with Crippen molar-refractivity contribution in [3.63, 3.8) is 0 Å². The maximum atomic E-state index is 12.7. The third kappa shape index (κ3) is 15.5. The predicted octanol–water partition coefficient (Wildman–Crippen LogP) is 7.33. The van der Waals surface area contributed by atoms with Gasteiger partial charge in [-0.15, -0.1) is 0 Å². The zero-order valence-electron chi connectivity index (χ0n) is 33.2. The van der Waals surface area contributed by atoms with Crippen molar-refractivity contribution in [3.8, 4) is 23.0 Å². The first-order valence-electron chi connectivity index (χ1n) is 19.4. The predicted molar refractivity (Wildman–Crippen MR) is 217 cm³/mol. The minimum absolute atomic E-state index is 0.190. The number of rotatable bonds is 24. The fraction of sp³-hybridized carbons (Fsp3) is 0.304. The fourth-order valence-electron chi connectivity index (χ4n) is 5.36. The van der Waals surface area contributed by atoms with Crippen LogP contribution >= 0.6 is 0 Å². The summed E-state index contributed by atoms with van der Waals surface area (Å²) in [4.78, 5) is 47.6. The largest absolute Gasteiger partial charge is 0.494 e. The van der Waals surface area contributed by atoms with Crippen molar-refractivity contribution in [2.75, 3.05) is 39.6 Å². The van der Waals surface area contributed by atoms with Crippen LogP contribution in [0.5, 0.6) is 23.0 Å². The van der Waals surface area contributed by atoms with Crippen LogP contribution in [0, 0.1) is 0 Å². The molecule has 0 bridgehead atoms. The molecular weight excluding hydrogens is 776 g/mol. The van der Waals surface area contributed by atoms with Crippen molar-refractivity contribution in [1.29, 1.82) is 0 Å². The maximum absolute atomic E-state index is 12.7. The zero-order valence-corrected chi connectivity index (χ0v) is 33.2. The van der Waals surface area contributed by atoms with Crippen LogP contribution in [0.15, 0.2) is 122 Å². The molecule has 0 unspecified atom stereocenters. The van der Waals surface area contributed by atoms with E-state index >= 15 is 0 Å². The maximum Gasteiger partial charge on any atom is 0.343 e. The molecule has 316 valence electrons. The summed E-state index contributed by atoms with van der Waals surface area (Å²) in [6.45, 7) is 9.25. The van der Waals surface area contributed by atoms with Crippen LogP contribution in [0.1, 0.15) is 57.5 Å². The molecule has 0 amide bonds. The van der Waals surface area contributed by atoms with Gasteiger partial charge in [0.1, 0.15) is 23.0 Å².